The van der Waals surface area contributed by atoms with E-state index in [2.05, 4.69) is 5.10 Å². The Morgan fingerprint density at radius 2 is 1.71 bits per heavy atom. The fourth-order valence-electron chi connectivity index (χ4n) is 4.28. The number of hydrogen-bond donors (Lipinski definition) is 0. The standard InChI is InChI=1S/C24H21ClFN5O2S/c1-14-21-17(13-19(20-4-3-11-34-20)27-22(21)29(2)28-14)24(33)31-9-7-30(8-10-31)23(32)16-6-5-15(26)12-18(16)25/h3-6,11-13H,7-10H2,1-2H3. The van der Waals surface area contributed by atoms with Crippen molar-refractivity contribution in [3.63, 3.8) is 0 Å². The van der Waals surface area contributed by atoms with Crippen molar-refractivity contribution in [2.45, 2.75) is 6.92 Å². The van der Waals surface area contributed by atoms with E-state index in [9.17, 15) is 14.0 Å². The van der Waals surface area contributed by atoms with E-state index in [1.165, 1.54) is 12.1 Å². The van der Waals surface area contributed by atoms with Gasteiger partial charge in [0, 0.05) is 33.2 Å². The minimum Gasteiger partial charge on any atom is -0.335 e. The lowest BCUT2D eigenvalue weighted by atomic mass is 10.1. The molecule has 2 amide bonds. The maximum Gasteiger partial charge on any atom is 0.255 e. The molecule has 3 aromatic heterocycles. The number of amides is 2. The molecular weight excluding hydrogens is 477 g/mol. The molecule has 0 bridgehead atoms. The van der Waals surface area contributed by atoms with Gasteiger partial charge in [-0.25, -0.2) is 9.37 Å². The number of thiophene rings is 1. The molecule has 34 heavy (non-hydrogen) atoms. The van der Waals surface area contributed by atoms with E-state index in [1.54, 1.807) is 25.8 Å². The molecule has 1 fully saturated rings. The van der Waals surface area contributed by atoms with Gasteiger partial charge in [-0.1, -0.05) is 17.7 Å². The molecule has 4 aromatic rings. The van der Waals surface area contributed by atoms with Gasteiger partial charge in [0.15, 0.2) is 5.65 Å². The Balaban J connectivity index is 1.40. The van der Waals surface area contributed by atoms with E-state index >= 15 is 0 Å². The van der Waals surface area contributed by atoms with E-state index in [0.717, 1.165) is 27.7 Å². The topological polar surface area (TPSA) is 71.3 Å². The average Bonchev–Trinajstić information content (AvgIpc) is 3.46. The summed E-state index contributed by atoms with van der Waals surface area (Å²) in [6, 6.07) is 9.50. The second-order valence-corrected chi connectivity index (χ2v) is 9.50. The first kappa shape index (κ1) is 22.5. The lowest BCUT2D eigenvalue weighted by Gasteiger charge is -2.35. The van der Waals surface area contributed by atoms with Crippen molar-refractivity contribution in [1.29, 1.82) is 0 Å². The van der Waals surface area contributed by atoms with Gasteiger partial charge in [-0.15, -0.1) is 11.3 Å². The van der Waals surface area contributed by atoms with Gasteiger partial charge >= 0.3 is 0 Å². The SMILES string of the molecule is Cc1nn(C)c2nc(-c3cccs3)cc(C(=O)N3CCN(C(=O)c4ccc(F)cc4Cl)CC3)c12. The Morgan fingerprint density at radius 1 is 1.03 bits per heavy atom. The molecule has 1 saturated heterocycles. The lowest BCUT2D eigenvalue weighted by Crippen LogP contribution is -2.50. The second kappa shape index (κ2) is 8.81. The fraction of sp³-hybridized carbons (Fsp3) is 0.250. The zero-order chi connectivity index (χ0) is 24.0. The first-order valence-electron chi connectivity index (χ1n) is 10.8. The van der Waals surface area contributed by atoms with Crippen LogP contribution in [0.2, 0.25) is 5.02 Å². The molecule has 1 aromatic carbocycles. The fourth-order valence-corrected chi connectivity index (χ4v) is 5.21. The molecule has 0 atom stereocenters. The second-order valence-electron chi connectivity index (χ2n) is 8.15. The van der Waals surface area contributed by atoms with Crippen LogP contribution < -0.4 is 0 Å². The number of carbonyl (C=O) groups is 2. The summed E-state index contributed by atoms with van der Waals surface area (Å²) in [5.74, 6) is -0.882. The van der Waals surface area contributed by atoms with Gasteiger partial charge in [0.1, 0.15) is 5.82 Å². The molecule has 0 spiro atoms. The Labute approximate surface area is 204 Å². The number of piperazine rings is 1. The highest BCUT2D eigenvalue weighted by molar-refractivity contribution is 7.13. The minimum atomic E-state index is -0.492. The van der Waals surface area contributed by atoms with Crippen molar-refractivity contribution in [3.05, 3.63) is 69.4 Å². The molecule has 4 heterocycles. The van der Waals surface area contributed by atoms with Crippen LogP contribution in [0, 0.1) is 12.7 Å². The predicted molar refractivity (Wildman–Crippen MR) is 130 cm³/mol. The third-order valence-corrected chi connectivity index (χ3v) is 7.19. The van der Waals surface area contributed by atoms with Crippen LogP contribution in [-0.4, -0.2) is 62.6 Å². The molecule has 0 N–H and O–H groups in total. The van der Waals surface area contributed by atoms with E-state index in [4.69, 9.17) is 16.6 Å². The highest BCUT2D eigenvalue weighted by Crippen LogP contribution is 2.30. The Hall–Kier alpha value is -3.30. The van der Waals surface area contributed by atoms with Crippen LogP contribution in [-0.2, 0) is 7.05 Å². The van der Waals surface area contributed by atoms with Crippen molar-refractivity contribution in [2.24, 2.45) is 7.05 Å². The largest absolute Gasteiger partial charge is 0.335 e. The van der Waals surface area contributed by atoms with Gasteiger partial charge in [0.2, 0.25) is 0 Å². The van der Waals surface area contributed by atoms with Crippen LogP contribution in [0.3, 0.4) is 0 Å². The van der Waals surface area contributed by atoms with Gasteiger partial charge in [-0.05, 0) is 42.6 Å². The number of aromatic nitrogens is 3. The summed E-state index contributed by atoms with van der Waals surface area (Å²) in [5, 5.41) is 7.27. The number of benzene rings is 1. The third-order valence-electron chi connectivity index (χ3n) is 5.99. The lowest BCUT2D eigenvalue weighted by molar-refractivity contribution is 0.0536. The number of aryl methyl sites for hydroxylation is 2. The van der Waals surface area contributed by atoms with Gasteiger partial charge in [-0.2, -0.15) is 5.10 Å². The summed E-state index contributed by atoms with van der Waals surface area (Å²) >= 11 is 7.63. The maximum absolute atomic E-state index is 13.6. The smallest absolute Gasteiger partial charge is 0.255 e. The van der Waals surface area contributed by atoms with E-state index in [0.29, 0.717) is 37.4 Å². The zero-order valence-electron chi connectivity index (χ0n) is 18.6. The molecule has 0 unspecified atom stereocenters. The predicted octanol–water partition coefficient (Wildman–Crippen LogP) is 4.40. The molecule has 0 radical (unpaired) electrons. The number of rotatable bonds is 3. The van der Waals surface area contributed by atoms with E-state index in [-0.39, 0.29) is 22.4 Å². The molecule has 10 heteroatoms. The maximum atomic E-state index is 13.6. The molecule has 1 aliphatic rings. The van der Waals surface area contributed by atoms with Gasteiger partial charge in [-0.3, -0.25) is 14.3 Å². The van der Waals surface area contributed by atoms with Crippen molar-refractivity contribution >= 4 is 45.8 Å². The Morgan fingerprint density at radius 3 is 2.32 bits per heavy atom. The summed E-state index contributed by atoms with van der Waals surface area (Å²) in [5.41, 5.74) is 2.94. The van der Waals surface area contributed by atoms with Crippen LogP contribution in [0.5, 0.6) is 0 Å². The molecule has 7 nitrogen and oxygen atoms in total. The van der Waals surface area contributed by atoms with Crippen LogP contribution in [0.25, 0.3) is 21.6 Å². The Kier molecular flexibility index (Phi) is 5.83. The van der Waals surface area contributed by atoms with Crippen LogP contribution in [0.1, 0.15) is 26.4 Å². The number of halogens is 2. The number of pyridine rings is 1. The summed E-state index contributed by atoms with van der Waals surface area (Å²) in [7, 11) is 1.82. The van der Waals surface area contributed by atoms with Crippen molar-refractivity contribution in [2.75, 3.05) is 26.2 Å². The first-order valence-corrected chi connectivity index (χ1v) is 12.0. The van der Waals surface area contributed by atoms with E-state index < -0.39 is 5.82 Å². The number of nitrogens with zero attached hydrogens (tertiary/aromatic N) is 5. The molecule has 5 rings (SSSR count). The first-order chi connectivity index (χ1) is 16.3. The molecule has 1 aliphatic heterocycles. The highest BCUT2D eigenvalue weighted by Gasteiger charge is 2.29. The molecule has 0 saturated carbocycles. The molecular formula is C24H21ClFN5O2S. The summed E-state index contributed by atoms with van der Waals surface area (Å²) < 4.78 is 15.0. The Bertz CT molecular complexity index is 1410. The average molecular weight is 498 g/mol. The minimum absolute atomic E-state index is 0.0795. The van der Waals surface area contributed by atoms with Gasteiger partial charge in [0.05, 0.1) is 37.8 Å². The van der Waals surface area contributed by atoms with Gasteiger partial charge in [0.25, 0.3) is 11.8 Å². The van der Waals surface area contributed by atoms with Crippen molar-refractivity contribution in [1.82, 2.24) is 24.6 Å². The number of carbonyl (C=O) groups excluding carboxylic acids is 2. The summed E-state index contributed by atoms with van der Waals surface area (Å²) in [6.45, 7) is 3.34. The molecule has 174 valence electrons. The summed E-state index contributed by atoms with van der Waals surface area (Å²) in [6.07, 6.45) is 0. The normalized spacial score (nSPS) is 14.1. The number of fused-ring (bicyclic) bond motifs is 1. The summed E-state index contributed by atoms with van der Waals surface area (Å²) in [4.78, 5) is 35.6. The van der Waals surface area contributed by atoms with Crippen LogP contribution >= 0.6 is 22.9 Å². The quantitative estimate of drug-likeness (QED) is 0.421. The number of hydrogen-bond acceptors (Lipinski definition) is 5. The van der Waals surface area contributed by atoms with E-state index in [1.807, 2.05) is 37.6 Å². The van der Waals surface area contributed by atoms with Crippen molar-refractivity contribution < 1.29 is 14.0 Å². The van der Waals surface area contributed by atoms with Gasteiger partial charge < -0.3 is 9.80 Å². The third kappa shape index (κ3) is 3.95. The van der Waals surface area contributed by atoms with Crippen LogP contribution in [0.4, 0.5) is 4.39 Å². The molecule has 0 aliphatic carbocycles. The van der Waals surface area contributed by atoms with Crippen molar-refractivity contribution in [3.8, 4) is 10.6 Å². The monoisotopic (exact) mass is 497 g/mol. The zero-order valence-corrected chi connectivity index (χ0v) is 20.2. The highest BCUT2D eigenvalue weighted by atomic mass is 35.5. The van der Waals surface area contributed by atoms with Crippen LogP contribution in [0.15, 0.2) is 41.8 Å².